The van der Waals surface area contributed by atoms with Crippen molar-refractivity contribution in [2.24, 2.45) is 0 Å². The van der Waals surface area contributed by atoms with Crippen LogP contribution in [0.1, 0.15) is 13.3 Å². The van der Waals surface area contributed by atoms with Crippen LogP contribution in [0.2, 0.25) is 5.02 Å². The average molecular weight is 372 g/mol. The summed E-state index contributed by atoms with van der Waals surface area (Å²) in [5.74, 6) is 0.257. The van der Waals surface area contributed by atoms with Crippen molar-refractivity contribution in [2.75, 3.05) is 52.8 Å². The number of ether oxygens (including phenoxy) is 2. The Hall–Kier alpha value is -1.99. The summed E-state index contributed by atoms with van der Waals surface area (Å²) >= 11 is 6.09. The summed E-state index contributed by atoms with van der Waals surface area (Å²) in [5.41, 5.74) is 0.430. The normalized spacial score (nSPS) is 10.5. The van der Waals surface area contributed by atoms with E-state index in [4.69, 9.17) is 21.1 Å². The lowest BCUT2D eigenvalue weighted by atomic mass is 10.2. The minimum Gasteiger partial charge on any atom is -0.495 e. The predicted molar refractivity (Wildman–Crippen MR) is 98.8 cm³/mol. The Balaban J connectivity index is 2.90. The Morgan fingerprint density at radius 2 is 1.80 bits per heavy atom. The molecule has 1 aromatic carbocycles. The molecule has 0 aliphatic rings. The second-order valence-electron chi connectivity index (χ2n) is 5.77. The van der Waals surface area contributed by atoms with Crippen molar-refractivity contribution in [1.82, 2.24) is 10.2 Å². The van der Waals surface area contributed by atoms with Gasteiger partial charge in [0.05, 0.1) is 24.9 Å². The first-order valence-corrected chi connectivity index (χ1v) is 8.29. The molecule has 8 heteroatoms. The summed E-state index contributed by atoms with van der Waals surface area (Å²) in [6.45, 7) is 2.70. The molecule has 0 saturated heterocycles. The number of hydrogen-bond donors (Lipinski definition) is 1. The number of anilines is 1. The summed E-state index contributed by atoms with van der Waals surface area (Å²) in [4.78, 5) is 27.6. The quantitative estimate of drug-likeness (QED) is 0.670. The molecule has 0 fully saturated rings. The molecule has 0 saturated carbocycles. The fourth-order valence-corrected chi connectivity index (χ4v) is 2.47. The fraction of sp³-hybridized carbons (Fsp3) is 0.529. The molecular formula is C17H26ClN3O4. The molecule has 2 amide bonds. The maximum atomic E-state index is 12.2. The van der Waals surface area contributed by atoms with E-state index in [1.807, 2.05) is 19.0 Å². The Kier molecular flexibility index (Phi) is 8.51. The zero-order valence-corrected chi connectivity index (χ0v) is 16.1. The zero-order valence-electron chi connectivity index (χ0n) is 15.4. The number of carbonyl (C=O) groups is 2. The molecule has 0 radical (unpaired) electrons. The second kappa shape index (κ2) is 10.1. The number of nitrogens with one attached hydrogen (secondary N) is 1. The second-order valence-corrected chi connectivity index (χ2v) is 6.18. The molecular weight excluding hydrogens is 346 g/mol. The van der Waals surface area contributed by atoms with Crippen LogP contribution < -0.4 is 19.7 Å². The number of benzene rings is 1. The highest BCUT2D eigenvalue weighted by molar-refractivity contribution is 6.32. The van der Waals surface area contributed by atoms with Crippen LogP contribution in [0.5, 0.6) is 11.5 Å². The number of halogens is 1. The SMILES string of the molecule is COc1cc(N(CC(=O)NCCCN(C)C)C(C)=O)c(OC)cc1Cl. The van der Waals surface area contributed by atoms with Crippen molar-refractivity contribution in [2.45, 2.75) is 13.3 Å². The fourth-order valence-electron chi connectivity index (χ4n) is 2.24. The maximum Gasteiger partial charge on any atom is 0.240 e. The maximum absolute atomic E-state index is 12.2. The van der Waals surface area contributed by atoms with Gasteiger partial charge < -0.3 is 19.7 Å². The van der Waals surface area contributed by atoms with Gasteiger partial charge >= 0.3 is 0 Å². The Bertz CT molecular complexity index is 608. The van der Waals surface area contributed by atoms with Crippen LogP contribution in [0.15, 0.2) is 12.1 Å². The third-order valence-corrected chi connectivity index (χ3v) is 3.83. The molecule has 0 aliphatic heterocycles. The molecule has 0 unspecified atom stereocenters. The van der Waals surface area contributed by atoms with Gasteiger partial charge in [0.15, 0.2) is 0 Å². The lowest BCUT2D eigenvalue weighted by Gasteiger charge is -2.24. The average Bonchev–Trinajstić information content (AvgIpc) is 2.56. The lowest BCUT2D eigenvalue weighted by molar-refractivity contribution is -0.123. The summed E-state index contributed by atoms with van der Waals surface area (Å²) in [7, 11) is 6.90. The van der Waals surface area contributed by atoms with Crippen molar-refractivity contribution in [3.63, 3.8) is 0 Å². The number of nitrogens with zero attached hydrogens (tertiary/aromatic N) is 2. The standard InChI is InChI=1S/C17H26ClN3O4/c1-12(22)21(11-17(23)19-7-6-8-20(2)3)14-10-15(24-4)13(18)9-16(14)25-5/h9-10H,6-8,11H2,1-5H3,(H,19,23). The minimum absolute atomic E-state index is 0.113. The van der Waals surface area contributed by atoms with E-state index in [1.165, 1.54) is 26.0 Å². The number of hydrogen-bond acceptors (Lipinski definition) is 5. The molecule has 7 nitrogen and oxygen atoms in total. The van der Waals surface area contributed by atoms with Gasteiger partial charge in [-0.1, -0.05) is 11.6 Å². The van der Waals surface area contributed by atoms with E-state index >= 15 is 0 Å². The van der Waals surface area contributed by atoms with Crippen LogP contribution in [-0.2, 0) is 9.59 Å². The summed E-state index contributed by atoms with van der Waals surface area (Å²) in [6.07, 6.45) is 0.830. The highest BCUT2D eigenvalue weighted by atomic mass is 35.5. The van der Waals surface area contributed by atoms with E-state index in [-0.39, 0.29) is 18.4 Å². The van der Waals surface area contributed by atoms with Gasteiger partial charge in [-0.2, -0.15) is 0 Å². The first-order chi connectivity index (χ1) is 11.8. The van der Waals surface area contributed by atoms with Gasteiger partial charge in [0.2, 0.25) is 11.8 Å². The molecule has 0 aliphatic carbocycles. The molecule has 0 atom stereocenters. The van der Waals surface area contributed by atoms with Crippen molar-refractivity contribution >= 4 is 29.1 Å². The first kappa shape index (κ1) is 21.1. The predicted octanol–water partition coefficient (Wildman–Crippen LogP) is 1.78. The molecule has 0 heterocycles. The Morgan fingerprint density at radius 1 is 1.16 bits per heavy atom. The summed E-state index contributed by atoms with van der Waals surface area (Å²) in [6, 6.07) is 3.14. The van der Waals surface area contributed by atoms with Crippen LogP contribution >= 0.6 is 11.6 Å². The van der Waals surface area contributed by atoms with Crippen molar-refractivity contribution in [3.05, 3.63) is 17.2 Å². The van der Waals surface area contributed by atoms with E-state index in [0.29, 0.717) is 28.8 Å². The van der Waals surface area contributed by atoms with E-state index in [0.717, 1.165) is 13.0 Å². The molecule has 1 rings (SSSR count). The largest absolute Gasteiger partial charge is 0.495 e. The molecule has 0 aromatic heterocycles. The van der Waals surface area contributed by atoms with Gasteiger partial charge in [-0.25, -0.2) is 0 Å². The topological polar surface area (TPSA) is 71.1 Å². The van der Waals surface area contributed by atoms with E-state index in [9.17, 15) is 9.59 Å². The molecule has 1 N–H and O–H groups in total. The minimum atomic E-state index is -0.286. The molecule has 1 aromatic rings. The van der Waals surface area contributed by atoms with E-state index < -0.39 is 0 Å². The molecule has 140 valence electrons. The van der Waals surface area contributed by atoms with Crippen molar-refractivity contribution in [3.8, 4) is 11.5 Å². The molecule has 0 spiro atoms. The third-order valence-electron chi connectivity index (χ3n) is 3.53. The zero-order chi connectivity index (χ0) is 19.0. The van der Waals surface area contributed by atoms with Gasteiger partial charge in [0, 0.05) is 25.6 Å². The van der Waals surface area contributed by atoms with Crippen molar-refractivity contribution in [1.29, 1.82) is 0 Å². The van der Waals surface area contributed by atoms with Crippen LogP contribution in [0, 0.1) is 0 Å². The first-order valence-electron chi connectivity index (χ1n) is 7.91. The number of methoxy groups -OCH3 is 2. The molecule has 0 bridgehead atoms. The Labute approximate surface area is 153 Å². The highest BCUT2D eigenvalue weighted by Crippen LogP contribution is 2.38. The van der Waals surface area contributed by atoms with E-state index in [1.54, 1.807) is 12.1 Å². The smallest absolute Gasteiger partial charge is 0.240 e. The van der Waals surface area contributed by atoms with Crippen LogP contribution in [0.3, 0.4) is 0 Å². The van der Waals surface area contributed by atoms with Gasteiger partial charge in [0.1, 0.15) is 18.0 Å². The van der Waals surface area contributed by atoms with Gasteiger partial charge in [-0.15, -0.1) is 0 Å². The van der Waals surface area contributed by atoms with Gasteiger partial charge in [0.25, 0.3) is 0 Å². The van der Waals surface area contributed by atoms with Crippen LogP contribution in [0.25, 0.3) is 0 Å². The summed E-state index contributed by atoms with van der Waals surface area (Å²) < 4.78 is 10.5. The monoisotopic (exact) mass is 371 g/mol. The van der Waals surface area contributed by atoms with Gasteiger partial charge in [-0.3, -0.25) is 14.5 Å². The highest BCUT2D eigenvalue weighted by Gasteiger charge is 2.21. The van der Waals surface area contributed by atoms with Gasteiger partial charge in [-0.05, 0) is 27.1 Å². The van der Waals surface area contributed by atoms with Crippen LogP contribution in [-0.4, -0.2) is 64.7 Å². The van der Waals surface area contributed by atoms with E-state index in [2.05, 4.69) is 5.32 Å². The number of rotatable bonds is 9. The molecule has 25 heavy (non-hydrogen) atoms. The van der Waals surface area contributed by atoms with Crippen LogP contribution in [0.4, 0.5) is 5.69 Å². The lowest BCUT2D eigenvalue weighted by Crippen LogP contribution is -2.40. The van der Waals surface area contributed by atoms with Crippen molar-refractivity contribution < 1.29 is 19.1 Å². The number of carbonyl (C=O) groups excluding carboxylic acids is 2. The Morgan fingerprint density at radius 3 is 2.32 bits per heavy atom. The third kappa shape index (κ3) is 6.43. The number of amides is 2. The summed E-state index contributed by atoms with van der Waals surface area (Å²) in [5, 5.41) is 3.17.